The summed E-state index contributed by atoms with van der Waals surface area (Å²) in [6.45, 7) is 5.03. The second-order valence-corrected chi connectivity index (χ2v) is 10.9. The van der Waals surface area contributed by atoms with Crippen LogP contribution in [0.3, 0.4) is 0 Å². The number of amides is 1. The Morgan fingerprint density at radius 3 is 2.65 bits per heavy atom. The molecule has 1 amide bonds. The van der Waals surface area contributed by atoms with Crippen LogP contribution in [0, 0.1) is 5.82 Å². The molecule has 0 aromatic heterocycles. The first kappa shape index (κ1) is 28.0. The Labute approximate surface area is 223 Å². The molecule has 202 valence electrons. The number of likely N-dealkylation sites (N-methyl/N-ethyl adjacent to an activating group) is 1. The minimum Gasteiger partial charge on any atom is -0.371 e. The summed E-state index contributed by atoms with van der Waals surface area (Å²) in [5.41, 5.74) is -0.00930. The maximum atomic E-state index is 14.4. The molecule has 0 radical (unpaired) electrons. The quantitative estimate of drug-likeness (QED) is 0.490. The number of ether oxygens (including phenoxy) is 4. The summed E-state index contributed by atoms with van der Waals surface area (Å²) < 4.78 is 39.5. The zero-order valence-corrected chi connectivity index (χ0v) is 22.6. The summed E-state index contributed by atoms with van der Waals surface area (Å²) in [6, 6.07) is 13.8. The van der Waals surface area contributed by atoms with Gasteiger partial charge in [-0.1, -0.05) is 41.9 Å². The number of hydrogen-bond acceptors (Lipinski definition) is 6. The molecule has 4 rings (SSSR count). The predicted octanol–water partition coefficient (Wildman–Crippen LogP) is 4.31. The monoisotopic (exact) mass is 534 g/mol. The van der Waals surface area contributed by atoms with Gasteiger partial charge < -0.3 is 29.2 Å². The normalized spacial score (nSPS) is 26.7. The van der Waals surface area contributed by atoms with E-state index >= 15 is 0 Å². The Morgan fingerprint density at radius 1 is 1.14 bits per heavy atom. The van der Waals surface area contributed by atoms with Gasteiger partial charge in [-0.05, 0) is 51.7 Å². The Balaban J connectivity index is 1.60. The SMILES string of the molecule is CN(C)CCNC(=O)[C@@]1(OCc2ccccc2F)C[C@@H](OCc2cccc(Cl)c2)[C@@H]2OC(C)(C)O[C@@H]2C1. The third-order valence-electron chi connectivity index (χ3n) is 6.72. The molecule has 9 heteroatoms. The molecule has 0 spiro atoms. The number of nitrogens with zero attached hydrogens (tertiary/aromatic N) is 1. The average molecular weight is 535 g/mol. The van der Waals surface area contributed by atoms with Gasteiger partial charge in [-0.3, -0.25) is 4.79 Å². The molecule has 0 bridgehead atoms. The standard InChI is InChI=1S/C28H36ClFN2O5/c1-27(2)36-24-16-28(26(33)31-12-13-32(3)4,35-18-20-9-5-6-11-22(20)30)15-23(25(24)37-27)34-17-19-8-7-10-21(29)14-19/h5-11,14,23-25H,12-13,15-18H2,1-4H3,(H,31,33)/t23-,24-,25+,28-/m1/s1. The topological polar surface area (TPSA) is 69.3 Å². The van der Waals surface area contributed by atoms with Crippen LogP contribution in [0.15, 0.2) is 48.5 Å². The number of carbonyl (C=O) groups is 1. The van der Waals surface area contributed by atoms with Gasteiger partial charge in [0.05, 0.1) is 25.4 Å². The largest absolute Gasteiger partial charge is 0.371 e. The third kappa shape index (κ3) is 7.07. The predicted molar refractivity (Wildman–Crippen MR) is 139 cm³/mol. The zero-order valence-electron chi connectivity index (χ0n) is 21.8. The molecule has 2 aromatic carbocycles. The van der Waals surface area contributed by atoms with Gasteiger partial charge >= 0.3 is 0 Å². The molecule has 2 aromatic rings. The van der Waals surface area contributed by atoms with Crippen LogP contribution in [0.25, 0.3) is 0 Å². The van der Waals surface area contributed by atoms with Crippen molar-refractivity contribution in [3.8, 4) is 0 Å². The lowest BCUT2D eigenvalue weighted by Crippen LogP contribution is -2.60. The Bertz CT molecular complexity index is 1080. The van der Waals surface area contributed by atoms with Crippen molar-refractivity contribution < 1.29 is 28.1 Å². The molecule has 2 fully saturated rings. The van der Waals surface area contributed by atoms with Crippen molar-refractivity contribution in [2.45, 2.75) is 69.6 Å². The molecule has 1 aliphatic heterocycles. The molecule has 7 nitrogen and oxygen atoms in total. The number of hydrogen-bond donors (Lipinski definition) is 1. The van der Waals surface area contributed by atoms with E-state index in [4.69, 9.17) is 30.5 Å². The van der Waals surface area contributed by atoms with Crippen molar-refractivity contribution >= 4 is 17.5 Å². The minimum atomic E-state index is -1.29. The molecular formula is C28H36ClFN2O5. The van der Waals surface area contributed by atoms with Gasteiger partial charge in [-0.2, -0.15) is 0 Å². The lowest BCUT2D eigenvalue weighted by Gasteiger charge is -2.43. The van der Waals surface area contributed by atoms with Gasteiger partial charge in [0, 0.05) is 36.5 Å². The van der Waals surface area contributed by atoms with Crippen LogP contribution in [0.4, 0.5) is 4.39 Å². The summed E-state index contributed by atoms with van der Waals surface area (Å²) in [6.07, 6.45) is -0.821. The van der Waals surface area contributed by atoms with Gasteiger partial charge in [-0.25, -0.2) is 4.39 Å². The van der Waals surface area contributed by atoms with E-state index in [0.29, 0.717) is 23.7 Å². The van der Waals surface area contributed by atoms with Crippen LogP contribution in [0.5, 0.6) is 0 Å². The van der Waals surface area contributed by atoms with Crippen LogP contribution < -0.4 is 5.32 Å². The van der Waals surface area contributed by atoms with Crippen molar-refractivity contribution in [2.24, 2.45) is 0 Å². The zero-order chi connectivity index (χ0) is 26.6. The lowest BCUT2D eigenvalue weighted by atomic mass is 9.78. The van der Waals surface area contributed by atoms with Crippen molar-refractivity contribution in [3.63, 3.8) is 0 Å². The number of rotatable bonds is 10. The fourth-order valence-corrected chi connectivity index (χ4v) is 5.14. The van der Waals surface area contributed by atoms with E-state index in [1.807, 2.05) is 51.0 Å². The van der Waals surface area contributed by atoms with Crippen molar-refractivity contribution in [1.29, 1.82) is 0 Å². The lowest BCUT2D eigenvalue weighted by molar-refractivity contribution is -0.183. The van der Waals surface area contributed by atoms with Crippen LogP contribution >= 0.6 is 11.6 Å². The molecule has 1 saturated carbocycles. The van der Waals surface area contributed by atoms with Gasteiger partial charge in [0.25, 0.3) is 5.91 Å². The van der Waals surface area contributed by atoms with Crippen LogP contribution in [0.2, 0.25) is 5.02 Å². The fourth-order valence-electron chi connectivity index (χ4n) is 4.92. The van der Waals surface area contributed by atoms with Crippen molar-refractivity contribution in [1.82, 2.24) is 10.2 Å². The maximum Gasteiger partial charge on any atom is 0.252 e. The highest BCUT2D eigenvalue weighted by Gasteiger charge is 2.58. The molecule has 4 atom stereocenters. The number of fused-ring (bicyclic) bond motifs is 1. The molecular weight excluding hydrogens is 499 g/mol. The summed E-state index contributed by atoms with van der Waals surface area (Å²) in [4.78, 5) is 15.7. The first-order chi connectivity index (χ1) is 17.6. The van der Waals surface area contributed by atoms with Crippen LogP contribution in [-0.4, -0.2) is 67.7 Å². The van der Waals surface area contributed by atoms with Crippen LogP contribution in [0.1, 0.15) is 37.8 Å². The second-order valence-electron chi connectivity index (χ2n) is 10.5. The summed E-state index contributed by atoms with van der Waals surface area (Å²) in [7, 11) is 3.88. The Morgan fingerprint density at radius 2 is 1.92 bits per heavy atom. The molecule has 1 saturated heterocycles. The maximum absolute atomic E-state index is 14.4. The van der Waals surface area contributed by atoms with E-state index in [0.717, 1.165) is 5.56 Å². The number of carbonyl (C=O) groups excluding carboxylic acids is 1. The minimum absolute atomic E-state index is 0.0591. The fraction of sp³-hybridized carbons (Fsp3) is 0.536. The summed E-state index contributed by atoms with van der Waals surface area (Å²) in [5.74, 6) is -1.49. The molecule has 37 heavy (non-hydrogen) atoms. The third-order valence-corrected chi connectivity index (χ3v) is 6.96. The molecule has 2 aliphatic rings. The highest BCUT2D eigenvalue weighted by Crippen LogP contribution is 2.44. The Hall–Kier alpha value is -2.07. The van der Waals surface area contributed by atoms with Crippen molar-refractivity contribution in [2.75, 3.05) is 27.2 Å². The van der Waals surface area contributed by atoms with E-state index in [-0.39, 0.29) is 43.9 Å². The number of benzene rings is 2. The molecule has 0 unspecified atom stereocenters. The second kappa shape index (κ2) is 11.8. The Kier molecular flexibility index (Phi) is 8.89. The van der Waals surface area contributed by atoms with E-state index < -0.39 is 23.6 Å². The van der Waals surface area contributed by atoms with Crippen LogP contribution in [-0.2, 0) is 37.0 Å². The van der Waals surface area contributed by atoms with E-state index in [9.17, 15) is 9.18 Å². The molecule has 1 N–H and O–H groups in total. The van der Waals surface area contributed by atoms with Gasteiger partial charge in [0.2, 0.25) is 0 Å². The highest BCUT2D eigenvalue weighted by molar-refractivity contribution is 6.30. The number of nitrogens with one attached hydrogen (secondary N) is 1. The van der Waals surface area contributed by atoms with Crippen molar-refractivity contribution in [3.05, 3.63) is 70.5 Å². The first-order valence-corrected chi connectivity index (χ1v) is 13.0. The van der Waals surface area contributed by atoms with E-state index in [1.165, 1.54) is 6.07 Å². The van der Waals surface area contributed by atoms with Gasteiger partial charge in [0.1, 0.15) is 11.9 Å². The highest BCUT2D eigenvalue weighted by atomic mass is 35.5. The smallest absolute Gasteiger partial charge is 0.252 e. The molecule has 1 heterocycles. The first-order valence-electron chi connectivity index (χ1n) is 12.6. The van der Waals surface area contributed by atoms with Gasteiger partial charge in [0.15, 0.2) is 11.4 Å². The van der Waals surface area contributed by atoms with Gasteiger partial charge in [-0.15, -0.1) is 0 Å². The average Bonchev–Trinajstić information content (AvgIpc) is 3.15. The number of halogens is 2. The summed E-state index contributed by atoms with van der Waals surface area (Å²) >= 11 is 6.16. The molecule has 1 aliphatic carbocycles. The summed E-state index contributed by atoms with van der Waals surface area (Å²) in [5, 5.41) is 3.63. The van der Waals surface area contributed by atoms with E-state index in [2.05, 4.69) is 5.32 Å². The van der Waals surface area contributed by atoms with E-state index in [1.54, 1.807) is 24.3 Å².